The number of nitrogens with one attached hydrogen (secondary N) is 1. The van der Waals surface area contributed by atoms with Gasteiger partial charge < -0.3 is 9.88 Å². The summed E-state index contributed by atoms with van der Waals surface area (Å²) in [5.41, 5.74) is 2.85. The van der Waals surface area contributed by atoms with Crippen LogP contribution in [0.15, 0.2) is 41.5 Å². The second-order valence-corrected chi connectivity index (χ2v) is 8.99. The van der Waals surface area contributed by atoms with Crippen LogP contribution >= 0.6 is 0 Å². The zero-order chi connectivity index (χ0) is 21.2. The number of allylic oxidation sites excluding steroid dienone is 2. The number of hydrogen-bond donors (Lipinski definition) is 1. The Labute approximate surface area is 182 Å². The summed E-state index contributed by atoms with van der Waals surface area (Å²) < 4.78 is 0. The van der Waals surface area contributed by atoms with E-state index < -0.39 is 0 Å². The third-order valence-corrected chi connectivity index (χ3v) is 6.78. The van der Waals surface area contributed by atoms with Gasteiger partial charge in [-0.15, -0.1) is 0 Å². The molecule has 1 saturated heterocycles. The first kappa shape index (κ1) is 20.1. The lowest BCUT2D eigenvalue weighted by Crippen LogP contribution is -2.36. The van der Waals surface area contributed by atoms with Gasteiger partial charge in [0.2, 0.25) is 5.91 Å². The van der Waals surface area contributed by atoms with Gasteiger partial charge >= 0.3 is 0 Å². The van der Waals surface area contributed by atoms with Crippen LogP contribution in [0.2, 0.25) is 0 Å². The summed E-state index contributed by atoms with van der Waals surface area (Å²) in [6.07, 6.45) is 12.3. The van der Waals surface area contributed by atoms with Crippen LogP contribution in [0.4, 0.5) is 0 Å². The molecule has 0 bridgehead atoms. The third kappa shape index (κ3) is 4.46. The molecule has 2 aromatic rings. The molecule has 31 heavy (non-hydrogen) atoms. The van der Waals surface area contributed by atoms with Crippen LogP contribution in [-0.2, 0) is 24.3 Å². The van der Waals surface area contributed by atoms with Crippen LogP contribution in [0.5, 0.6) is 0 Å². The molecule has 0 radical (unpaired) electrons. The lowest BCUT2D eigenvalue weighted by Gasteiger charge is -2.28. The first-order chi connectivity index (χ1) is 15.2. The number of amides is 1. The van der Waals surface area contributed by atoms with Crippen LogP contribution < -0.4 is 5.56 Å². The Morgan fingerprint density at radius 1 is 1.26 bits per heavy atom. The van der Waals surface area contributed by atoms with Gasteiger partial charge in [-0.3, -0.25) is 19.5 Å². The topological polar surface area (TPSA) is 82.2 Å². The van der Waals surface area contributed by atoms with E-state index in [4.69, 9.17) is 4.98 Å². The van der Waals surface area contributed by atoms with Gasteiger partial charge in [0, 0.05) is 63.0 Å². The van der Waals surface area contributed by atoms with Crippen LogP contribution in [0.25, 0.3) is 0 Å². The van der Waals surface area contributed by atoms with Crippen molar-refractivity contribution in [2.24, 2.45) is 5.92 Å². The van der Waals surface area contributed by atoms with Gasteiger partial charge in [0.05, 0.1) is 5.69 Å². The van der Waals surface area contributed by atoms with Gasteiger partial charge in [0.1, 0.15) is 5.82 Å². The highest BCUT2D eigenvalue weighted by Gasteiger charge is 2.31. The maximum absolute atomic E-state index is 12.7. The highest BCUT2D eigenvalue weighted by molar-refractivity contribution is 5.77. The van der Waals surface area contributed by atoms with Crippen molar-refractivity contribution < 1.29 is 4.79 Å². The van der Waals surface area contributed by atoms with Crippen molar-refractivity contribution in [1.29, 1.82) is 0 Å². The van der Waals surface area contributed by atoms with E-state index in [1.54, 1.807) is 6.20 Å². The smallest absolute Gasteiger partial charge is 0.254 e. The van der Waals surface area contributed by atoms with Gasteiger partial charge in [0.25, 0.3) is 5.56 Å². The first-order valence-corrected chi connectivity index (χ1v) is 11.3. The number of pyridine rings is 1. The number of carbonyl (C=O) groups excluding carboxylic acids is 1. The van der Waals surface area contributed by atoms with E-state index in [0.29, 0.717) is 31.8 Å². The maximum Gasteiger partial charge on any atom is 0.254 e. The Kier molecular flexibility index (Phi) is 5.68. The fourth-order valence-electron chi connectivity index (χ4n) is 5.02. The molecule has 2 aliphatic heterocycles. The molecule has 4 heterocycles. The molecule has 2 aromatic heterocycles. The molecule has 3 aliphatic rings. The molecular weight excluding hydrogens is 390 g/mol. The minimum absolute atomic E-state index is 0.0121. The molecule has 7 nitrogen and oxygen atoms in total. The lowest BCUT2D eigenvalue weighted by molar-refractivity contribution is -0.130. The maximum atomic E-state index is 12.7. The Morgan fingerprint density at radius 2 is 2.19 bits per heavy atom. The Bertz CT molecular complexity index is 1030. The fourth-order valence-corrected chi connectivity index (χ4v) is 5.02. The Hall–Kier alpha value is -2.80. The summed E-state index contributed by atoms with van der Waals surface area (Å²) in [4.78, 5) is 41.8. The number of likely N-dealkylation sites (tertiary alicyclic amines) is 1. The van der Waals surface area contributed by atoms with Crippen molar-refractivity contribution in [2.45, 2.75) is 51.1 Å². The van der Waals surface area contributed by atoms with E-state index in [-0.39, 0.29) is 17.4 Å². The van der Waals surface area contributed by atoms with Crippen molar-refractivity contribution in [1.82, 2.24) is 24.8 Å². The standard InChI is InChI=1S/C24H29N5O2/c30-22(12-17-4-1-2-5-17)29-11-7-19(15-29)23-26-21-16-28(10-8-20(21)24(31)27-23)14-18-6-3-9-25-13-18/h1,3-4,6,9,13,17,19H,2,5,7-8,10-12,14-16H2,(H,26,27,31)/t17-,19+/m0/s1. The van der Waals surface area contributed by atoms with E-state index in [9.17, 15) is 9.59 Å². The summed E-state index contributed by atoms with van der Waals surface area (Å²) in [5.74, 6) is 1.46. The zero-order valence-electron chi connectivity index (χ0n) is 17.8. The highest BCUT2D eigenvalue weighted by atomic mass is 16.2. The molecular formula is C24H29N5O2. The van der Waals surface area contributed by atoms with E-state index in [0.717, 1.165) is 61.5 Å². The normalized spacial score (nSPS) is 23.3. The number of aromatic amines is 1. The lowest BCUT2D eigenvalue weighted by atomic mass is 10.0. The SMILES string of the molecule is O=C(C[C@H]1C=CCC1)N1CC[C@@H](c2nc3c(c(=O)[nH]2)CCN(Cc2cccnc2)C3)C1. The summed E-state index contributed by atoms with van der Waals surface area (Å²) >= 11 is 0. The van der Waals surface area contributed by atoms with Gasteiger partial charge in [-0.2, -0.15) is 0 Å². The van der Waals surface area contributed by atoms with E-state index in [1.165, 1.54) is 0 Å². The van der Waals surface area contributed by atoms with Crippen LogP contribution in [-0.4, -0.2) is 50.3 Å². The predicted octanol–water partition coefficient (Wildman–Crippen LogP) is 2.40. The molecule has 1 fully saturated rings. The molecule has 1 amide bonds. The van der Waals surface area contributed by atoms with Crippen molar-refractivity contribution in [3.63, 3.8) is 0 Å². The molecule has 5 rings (SSSR count). The van der Waals surface area contributed by atoms with Crippen molar-refractivity contribution in [2.75, 3.05) is 19.6 Å². The minimum atomic E-state index is -0.0121. The molecule has 162 valence electrons. The Morgan fingerprint density at radius 3 is 3.00 bits per heavy atom. The fraction of sp³-hybridized carbons (Fsp3) is 0.500. The van der Waals surface area contributed by atoms with Crippen LogP contribution in [0.3, 0.4) is 0 Å². The van der Waals surface area contributed by atoms with Gasteiger partial charge in [-0.05, 0) is 43.2 Å². The monoisotopic (exact) mass is 419 g/mol. The average Bonchev–Trinajstić information content (AvgIpc) is 3.46. The van der Waals surface area contributed by atoms with E-state index in [1.807, 2.05) is 17.2 Å². The first-order valence-electron chi connectivity index (χ1n) is 11.3. The van der Waals surface area contributed by atoms with Crippen LogP contribution in [0, 0.1) is 5.92 Å². The Balaban J connectivity index is 1.26. The highest BCUT2D eigenvalue weighted by Crippen LogP contribution is 2.28. The second-order valence-electron chi connectivity index (χ2n) is 8.99. The van der Waals surface area contributed by atoms with E-state index in [2.05, 4.69) is 33.1 Å². The summed E-state index contributed by atoms with van der Waals surface area (Å²) in [6, 6.07) is 4.02. The number of nitrogens with zero attached hydrogens (tertiary/aromatic N) is 4. The number of fused-ring (bicyclic) bond motifs is 1. The molecule has 1 N–H and O–H groups in total. The molecule has 0 saturated carbocycles. The minimum Gasteiger partial charge on any atom is -0.342 e. The van der Waals surface area contributed by atoms with Crippen LogP contribution in [0.1, 0.15) is 54.2 Å². The van der Waals surface area contributed by atoms with Crippen molar-refractivity contribution in [3.05, 3.63) is 69.7 Å². The van der Waals surface area contributed by atoms with E-state index >= 15 is 0 Å². The number of H-pyrrole nitrogens is 1. The predicted molar refractivity (Wildman–Crippen MR) is 117 cm³/mol. The van der Waals surface area contributed by atoms with Gasteiger partial charge in [-0.25, -0.2) is 4.98 Å². The number of rotatable bonds is 5. The number of hydrogen-bond acceptors (Lipinski definition) is 5. The third-order valence-electron chi connectivity index (χ3n) is 6.78. The molecule has 2 atom stereocenters. The average molecular weight is 420 g/mol. The number of aromatic nitrogens is 3. The number of carbonyl (C=O) groups is 1. The van der Waals surface area contributed by atoms with Crippen molar-refractivity contribution >= 4 is 5.91 Å². The summed E-state index contributed by atoms with van der Waals surface area (Å²) in [5, 5.41) is 0. The zero-order valence-corrected chi connectivity index (χ0v) is 17.8. The largest absolute Gasteiger partial charge is 0.342 e. The second kappa shape index (κ2) is 8.75. The van der Waals surface area contributed by atoms with Gasteiger partial charge in [-0.1, -0.05) is 18.2 Å². The molecule has 0 aromatic carbocycles. The molecule has 7 heteroatoms. The molecule has 0 spiro atoms. The quantitative estimate of drug-likeness (QED) is 0.753. The van der Waals surface area contributed by atoms with Crippen molar-refractivity contribution in [3.8, 4) is 0 Å². The molecule has 0 unspecified atom stereocenters. The molecule has 1 aliphatic carbocycles. The summed E-state index contributed by atoms with van der Waals surface area (Å²) in [6.45, 7) is 3.71. The summed E-state index contributed by atoms with van der Waals surface area (Å²) in [7, 11) is 0. The van der Waals surface area contributed by atoms with Gasteiger partial charge in [0.15, 0.2) is 0 Å².